The van der Waals surface area contributed by atoms with Gasteiger partial charge < -0.3 is 4.90 Å². The fourth-order valence-corrected chi connectivity index (χ4v) is 6.62. The molecule has 2 aromatic carbocycles. The number of amides is 1. The molecule has 0 radical (unpaired) electrons. The Morgan fingerprint density at radius 2 is 1.81 bits per heavy atom. The lowest BCUT2D eigenvalue weighted by molar-refractivity contribution is -0.132. The van der Waals surface area contributed by atoms with Gasteiger partial charge in [-0.2, -0.15) is 4.31 Å². The highest BCUT2D eigenvalue weighted by atomic mass is 32.2. The van der Waals surface area contributed by atoms with Gasteiger partial charge in [-0.15, -0.1) is 11.3 Å². The number of nitrogens with zero attached hydrogens (tertiary/aromatic N) is 3. The van der Waals surface area contributed by atoms with E-state index in [1.165, 1.54) is 9.01 Å². The van der Waals surface area contributed by atoms with Gasteiger partial charge in [-0.3, -0.25) is 4.79 Å². The van der Waals surface area contributed by atoms with E-state index < -0.39 is 10.0 Å². The van der Waals surface area contributed by atoms with Crippen molar-refractivity contribution in [1.82, 2.24) is 14.2 Å². The molecule has 8 heteroatoms. The monoisotopic (exact) mass is 457 g/mol. The summed E-state index contributed by atoms with van der Waals surface area (Å²) in [5.41, 5.74) is 2.81. The smallest absolute Gasteiger partial charge is 0.243 e. The molecule has 0 N–H and O–H groups in total. The summed E-state index contributed by atoms with van der Waals surface area (Å²) >= 11 is 1.68. The summed E-state index contributed by atoms with van der Waals surface area (Å²) in [6.07, 6.45) is 1.99. The number of piperazine rings is 1. The largest absolute Gasteiger partial charge is 0.340 e. The number of hydrogen-bond donors (Lipinski definition) is 0. The van der Waals surface area contributed by atoms with Crippen LogP contribution < -0.4 is 0 Å². The fraction of sp³-hybridized carbons (Fsp3) is 0.391. The number of benzene rings is 2. The van der Waals surface area contributed by atoms with E-state index in [1.807, 2.05) is 44.2 Å². The van der Waals surface area contributed by atoms with Crippen LogP contribution in [0.5, 0.6) is 0 Å². The molecule has 4 rings (SSSR count). The van der Waals surface area contributed by atoms with Gasteiger partial charge in [0.25, 0.3) is 0 Å². The normalized spacial score (nSPS) is 15.5. The van der Waals surface area contributed by atoms with Crippen LogP contribution in [0.3, 0.4) is 0 Å². The Kier molecular flexibility index (Phi) is 6.41. The molecule has 6 nitrogen and oxygen atoms in total. The summed E-state index contributed by atoms with van der Waals surface area (Å²) < 4.78 is 28.7. The van der Waals surface area contributed by atoms with Crippen molar-refractivity contribution in [3.05, 3.63) is 58.6 Å². The van der Waals surface area contributed by atoms with Gasteiger partial charge in [-0.25, -0.2) is 13.4 Å². The van der Waals surface area contributed by atoms with Crippen LogP contribution in [-0.2, 0) is 21.2 Å². The fourth-order valence-electron chi connectivity index (χ4n) is 3.98. The van der Waals surface area contributed by atoms with Crippen molar-refractivity contribution in [1.29, 1.82) is 0 Å². The number of sulfonamides is 1. The van der Waals surface area contributed by atoms with Crippen LogP contribution in [0.15, 0.2) is 47.4 Å². The zero-order chi connectivity index (χ0) is 22.0. The topological polar surface area (TPSA) is 70.6 Å². The van der Waals surface area contributed by atoms with Crippen LogP contribution in [-0.4, -0.2) is 54.7 Å². The van der Waals surface area contributed by atoms with Crippen LogP contribution in [0.1, 0.15) is 29.0 Å². The van der Waals surface area contributed by atoms with Crippen LogP contribution in [0.2, 0.25) is 0 Å². The first-order valence-corrected chi connectivity index (χ1v) is 12.8. The maximum Gasteiger partial charge on any atom is 0.243 e. The van der Waals surface area contributed by atoms with Crippen LogP contribution in [0.4, 0.5) is 0 Å². The second kappa shape index (κ2) is 9.06. The SMILES string of the molecule is Cc1ccc(S(=O)(=O)N2CCN(C(=O)CCCc3nc4ccccc4s3)CC2)c(C)c1. The molecule has 0 bridgehead atoms. The van der Waals surface area contributed by atoms with Gasteiger partial charge >= 0.3 is 0 Å². The molecule has 164 valence electrons. The van der Waals surface area contributed by atoms with E-state index in [-0.39, 0.29) is 5.91 Å². The average molecular weight is 458 g/mol. The van der Waals surface area contributed by atoms with Crippen molar-refractivity contribution in [2.24, 2.45) is 0 Å². The van der Waals surface area contributed by atoms with Gasteiger partial charge in [0.15, 0.2) is 0 Å². The molecule has 0 saturated carbocycles. The van der Waals surface area contributed by atoms with Crippen LogP contribution in [0.25, 0.3) is 10.2 Å². The molecular formula is C23H27N3O3S2. The third kappa shape index (κ3) is 4.81. The Balaban J connectivity index is 1.29. The molecule has 1 amide bonds. The number of carbonyl (C=O) groups excluding carboxylic acids is 1. The lowest BCUT2D eigenvalue weighted by Crippen LogP contribution is -2.50. The molecule has 31 heavy (non-hydrogen) atoms. The van der Waals surface area contributed by atoms with Gasteiger partial charge in [-0.05, 0) is 50.5 Å². The molecule has 0 atom stereocenters. The van der Waals surface area contributed by atoms with E-state index in [0.29, 0.717) is 37.5 Å². The van der Waals surface area contributed by atoms with Gasteiger partial charge in [0.1, 0.15) is 0 Å². The third-order valence-electron chi connectivity index (χ3n) is 5.66. The van der Waals surface area contributed by atoms with Gasteiger partial charge in [0.05, 0.1) is 20.1 Å². The second-order valence-corrected chi connectivity index (χ2v) is 11.0. The van der Waals surface area contributed by atoms with E-state index in [0.717, 1.165) is 34.5 Å². The number of aryl methyl sites for hydroxylation is 3. The minimum absolute atomic E-state index is 0.0877. The molecule has 0 unspecified atom stereocenters. The Hall–Kier alpha value is -2.29. The molecule has 0 spiro atoms. The summed E-state index contributed by atoms with van der Waals surface area (Å²) in [6, 6.07) is 13.4. The molecule has 1 fully saturated rings. The van der Waals surface area contributed by atoms with Crippen LogP contribution in [0, 0.1) is 13.8 Å². The maximum atomic E-state index is 13.0. The Morgan fingerprint density at radius 1 is 1.06 bits per heavy atom. The van der Waals surface area contributed by atoms with E-state index in [1.54, 1.807) is 22.3 Å². The molecular weight excluding hydrogens is 430 g/mol. The highest BCUT2D eigenvalue weighted by Gasteiger charge is 2.30. The molecule has 2 heterocycles. The minimum Gasteiger partial charge on any atom is -0.340 e. The first-order chi connectivity index (χ1) is 14.8. The molecule has 1 aromatic heterocycles. The highest BCUT2D eigenvalue weighted by Crippen LogP contribution is 2.24. The highest BCUT2D eigenvalue weighted by molar-refractivity contribution is 7.89. The number of fused-ring (bicyclic) bond motifs is 1. The number of para-hydroxylation sites is 1. The van der Waals surface area contributed by atoms with E-state index in [9.17, 15) is 13.2 Å². The van der Waals surface area contributed by atoms with Crippen molar-refractivity contribution in [2.45, 2.75) is 38.0 Å². The number of carbonyl (C=O) groups is 1. The average Bonchev–Trinajstić information content (AvgIpc) is 3.16. The van der Waals surface area contributed by atoms with E-state index in [2.05, 4.69) is 11.1 Å². The van der Waals surface area contributed by atoms with Crippen molar-refractivity contribution in [2.75, 3.05) is 26.2 Å². The number of thiazole rings is 1. The molecule has 0 aliphatic carbocycles. The lowest BCUT2D eigenvalue weighted by Gasteiger charge is -2.34. The molecule has 1 aliphatic rings. The molecule has 1 saturated heterocycles. The molecule has 3 aromatic rings. The lowest BCUT2D eigenvalue weighted by atomic mass is 10.2. The Labute approximate surface area is 187 Å². The predicted octanol–water partition coefficient (Wildman–Crippen LogP) is 3.77. The standard InChI is InChI=1S/C23H27N3O3S2/c1-17-10-11-21(18(2)16-17)31(28,29)26-14-12-25(13-15-26)23(27)9-5-8-22-24-19-6-3-4-7-20(19)30-22/h3-4,6-7,10-11,16H,5,8-9,12-15H2,1-2H3. The number of rotatable bonds is 6. The van der Waals surface area contributed by atoms with Crippen molar-refractivity contribution in [3.8, 4) is 0 Å². The second-order valence-electron chi connectivity index (χ2n) is 7.98. The number of aromatic nitrogens is 1. The summed E-state index contributed by atoms with van der Waals surface area (Å²) in [5.74, 6) is 0.0877. The van der Waals surface area contributed by atoms with Crippen molar-refractivity contribution < 1.29 is 13.2 Å². The summed E-state index contributed by atoms with van der Waals surface area (Å²) in [4.78, 5) is 19.4. The Morgan fingerprint density at radius 3 is 2.52 bits per heavy atom. The van der Waals surface area contributed by atoms with Crippen molar-refractivity contribution >= 4 is 37.5 Å². The first-order valence-electron chi connectivity index (χ1n) is 10.5. The Bertz CT molecular complexity index is 1160. The minimum atomic E-state index is -3.54. The van der Waals surface area contributed by atoms with Crippen molar-refractivity contribution in [3.63, 3.8) is 0 Å². The van der Waals surface area contributed by atoms with E-state index >= 15 is 0 Å². The predicted molar refractivity (Wildman–Crippen MR) is 124 cm³/mol. The zero-order valence-electron chi connectivity index (χ0n) is 17.9. The van der Waals surface area contributed by atoms with Gasteiger partial charge in [0, 0.05) is 32.6 Å². The summed E-state index contributed by atoms with van der Waals surface area (Å²) in [5, 5.41) is 1.05. The maximum absolute atomic E-state index is 13.0. The quantitative estimate of drug-likeness (QED) is 0.565. The number of hydrogen-bond acceptors (Lipinski definition) is 5. The molecule has 1 aliphatic heterocycles. The third-order valence-corrected chi connectivity index (χ3v) is 8.81. The van der Waals surface area contributed by atoms with Crippen LogP contribution >= 0.6 is 11.3 Å². The zero-order valence-corrected chi connectivity index (χ0v) is 19.5. The van der Waals surface area contributed by atoms with E-state index in [4.69, 9.17) is 0 Å². The summed E-state index contributed by atoms with van der Waals surface area (Å²) in [6.45, 7) is 5.31. The first kappa shape index (κ1) is 21.9. The summed E-state index contributed by atoms with van der Waals surface area (Å²) in [7, 11) is -3.54. The van der Waals surface area contributed by atoms with Gasteiger partial charge in [0.2, 0.25) is 15.9 Å². The van der Waals surface area contributed by atoms with Gasteiger partial charge in [-0.1, -0.05) is 29.8 Å².